The Morgan fingerprint density at radius 2 is 1.81 bits per heavy atom. The van der Waals surface area contributed by atoms with Crippen molar-refractivity contribution in [2.45, 2.75) is 6.54 Å². The van der Waals surface area contributed by atoms with E-state index in [1.54, 1.807) is 4.90 Å². The number of hydrogen-bond donors (Lipinski definition) is 0. The van der Waals surface area contributed by atoms with E-state index in [0.717, 1.165) is 27.9 Å². The molecular weight excluding hydrogens is 344 g/mol. The van der Waals surface area contributed by atoms with Crippen LogP contribution in [0.1, 0.15) is 16.1 Å². The summed E-state index contributed by atoms with van der Waals surface area (Å²) < 4.78 is 10.4. The first-order chi connectivity index (χ1) is 12.6. The van der Waals surface area contributed by atoms with Crippen LogP contribution in [0.2, 0.25) is 0 Å². The van der Waals surface area contributed by atoms with Gasteiger partial charge < -0.3 is 9.47 Å². The molecule has 0 fully saturated rings. The Balaban J connectivity index is 1.56. The molecule has 2 aromatic heterocycles. The highest BCUT2D eigenvalue weighted by Crippen LogP contribution is 2.22. The molecule has 1 amide bonds. The highest BCUT2D eigenvalue weighted by Gasteiger charge is 2.18. The number of carbonyl (C=O) groups excluding carboxylic acids is 1. The van der Waals surface area contributed by atoms with E-state index in [2.05, 4.69) is 8.75 Å². The zero-order valence-electron chi connectivity index (χ0n) is 14.6. The van der Waals surface area contributed by atoms with Gasteiger partial charge in [-0.25, -0.2) is 0 Å². The van der Waals surface area contributed by atoms with Crippen LogP contribution in [0.25, 0.3) is 22.3 Å². The number of aromatic nitrogens is 3. The fraction of sp³-hybridized carbons (Fsp3) is 0.150. The van der Waals surface area contributed by atoms with Gasteiger partial charge in [-0.1, -0.05) is 36.4 Å². The molecule has 4 rings (SSSR count). The summed E-state index contributed by atoms with van der Waals surface area (Å²) in [6.45, 7) is 0.526. The van der Waals surface area contributed by atoms with Crippen molar-refractivity contribution in [2.24, 2.45) is 7.05 Å². The average Bonchev–Trinajstić information content (AvgIpc) is 3.27. The zero-order chi connectivity index (χ0) is 18.1. The molecule has 0 saturated carbocycles. The molecule has 0 spiro atoms. The lowest BCUT2D eigenvalue weighted by molar-refractivity contribution is 0.0776. The molecular formula is C20H18N4OS. The van der Waals surface area contributed by atoms with E-state index in [4.69, 9.17) is 0 Å². The van der Waals surface area contributed by atoms with E-state index in [9.17, 15) is 4.79 Å². The summed E-state index contributed by atoms with van der Waals surface area (Å²) in [5.41, 5.74) is 5.60. The van der Waals surface area contributed by atoms with E-state index in [-0.39, 0.29) is 5.91 Å². The van der Waals surface area contributed by atoms with Crippen molar-refractivity contribution in [3.8, 4) is 11.3 Å². The molecule has 5 nitrogen and oxygen atoms in total. The summed E-state index contributed by atoms with van der Waals surface area (Å²) in [6.07, 6.45) is 0. The largest absolute Gasteiger partial charge is 0.340 e. The normalized spacial score (nSPS) is 11.0. The fourth-order valence-electron chi connectivity index (χ4n) is 3.09. The SMILES string of the molecule is CN(Cc1ccc2nsnc2c1)C(=O)c1ccc(-c2ccccc2)n1C. The first-order valence-corrected chi connectivity index (χ1v) is 9.04. The Morgan fingerprint density at radius 1 is 1.04 bits per heavy atom. The topological polar surface area (TPSA) is 51.0 Å². The lowest BCUT2D eigenvalue weighted by Crippen LogP contribution is -2.28. The number of benzene rings is 2. The summed E-state index contributed by atoms with van der Waals surface area (Å²) in [5, 5.41) is 0. The van der Waals surface area contributed by atoms with Crippen LogP contribution in [0.5, 0.6) is 0 Å². The number of nitrogens with zero attached hydrogens (tertiary/aromatic N) is 4. The number of fused-ring (bicyclic) bond motifs is 1. The van der Waals surface area contributed by atoms with Crippen LogP contribution in [0.15, 0.2) is 60.7 Å². The number of rotatable bonds is 4. The number of carbonyl (C=O) groups is 1. The molecule has 0 bridgehead atoms. The third kappa shape index (κ3) is 2.99. The molecule has 0 aliphatic carbocycles. The molecule has 26 heavy (non-hydrogen) atoms. The van der Waals surface area contributed by atoms with Crippen molar-refractivity contribution >= 4 is 28.7 Å². The zero-order valence-corrected chi connectivity index (χ0v) is 15.4. The second-order valence-corrected chi connectivity index (χ2v) is 6.81. The predicted octanol–water partition coefficient (Wildman–Crippen LogP) is 3.97. The maximum Gasteiger partial charge on any atom is 0.270 e. The fourth-order valence-corrected chi connectivity index (χ4v) is 3.61. The Morgan fingerprint density at radius 3 is 2.62 bits per heavy atom. The minimum atomic E-state index is -0.00817. The van der Waals surface area contributed by atoms with Crippen molar-refractivity contribution in [1.29, 1.82) is 0 Å². The molecule has 0 N–H and O–H groups in total. The minimum Gasteiger partial charge on any atom is -0.340 e. The van der Waals surface area contributed by atoms with Crippen LogP contribution < -0.4 is 0 Å². The van der Waals surface area contributed by atoms with Gasteiger partial charge in [-0.15, -0.1) is 0 Å². The van der Waals surface area contributed by atoms with Crippen LogP contribution in [-0.4, -0.2) is 31.2 Å². The molecule has 0 atom stereocenters. The van der Waals surface area contributed by atoms with Gasteiger partial charge in [0.25, 0.3) is 5.91 Å². The lowest BCUT2D eigenvalue weighted by atomic mass is 10.2. The van der Waals surface area contributed by atoms with E-state index in [1.807, 2.05) is 79.3 Å². The molecule has 0 unspecified atom stereocenters. The smallest absolute Gasteiger partial charge is 0.270 e. The molecule has 2 aromatic carbocycles. The van der Waals surface area contributed by atoms with Crippen molar-refractivity contribution in [3.05, 3.63) is 71.9 Å². The van der Waals surface area contributed by atoms with Crippen LogP contribution in [0.4, 0.5) is 0 Å². The Labute approximate surface area is 155 Å². The van der Waals surface area contributed by atoms with Crippen LogP contribution in [0, 0.1) is 0 Å². The lowest BCUT2D eigenvalue weighted by Gasteiger charge is -2.18. The van der Waals surface area contributed by atoms with Gasteiger partial charge in [0.05, 0.1) is 11.7 Å². The van der Waals surface area contributed by atoms with E-state index in [1.165, 1.54) is 11.7 Å². The van der Waals surface area contributed by atoms with Gasteiger partial charge in [-0.2, -0.15) is 8.75 Å². The summed E-state index contributed by atoms with van der Waals surface area (Å²) in [7, 11) is 3.75. The summed E-state index contributed by atoms with van der Waals surface area (Å²) >= 11 is 1.20. The second-order valence-electron chi connectivity index (χ2n) is 6.28. The van der Waals surface area contributed by atoms with Gasteiger partial charge >= 0.3 is 0 Å². The highest BCUT2D eigenvalue weighted by molar-refractivity contribution is 7.00. The molecule has 0 aliphatic rings. The van der Waals surface area contributed by atoms with Crippen molar-refractivity contribution in [2.75, 3.05) is 7.05 Å². The maximum atomic E-state index is 12.9. The van der Waals surface area contributed by atoms with Crippen LogP contribution >= 0.6 is 11.7 Å². The van der Waals surface area contributed by atoms with Crippen molar-refractivity contribution in [1.82, 2.24) is 18.2 Å². The standard InChI is InChI=1S/C20H18N4OS/c1-23(13-14-8-9-16-17(12-14)22-26-21-16)20(25)19-11-10-18(24(19)2)15-6-4-3-5-7-15/h3-12H,13H2,1-2H3. The van der Waals surface area contributed by atoms with E-state index < -0.39 is 0 Å². The molecule has 130 valence electrons. The number of amides is 1. The van der Waals surface area contributed by atoms with Crippen molar-refractivity contribution < 1.29 is 4.79 Å². The van der Waals surface area contributed by atoms with Gasteiger partial charge in [0.15, 0.2) is 0 Å². The summed E-state index contributed by atoms with van der Waals surface area (Å²) in [4.78, 5) is 14.6. The molecule has 2 heterocycles. The highest BCUT2D eigenvalue weighted by atomic mass is 32.1. The minimum absolute atomic E-state index is 0.00817. The van der Waals surface area contributed by atoms with Crippen LogP contribution in [0.3, 0.4) is 0 Å². The quantitative estimate of drug-likeness (QED) is 0.552. The average molecular weight is 362 g/mol. The van der Waals surface area contributed by atoms with Gasteiger partial charge in [0.1, 0.15) is 16.7 Å². The molecule has 6 heteroatoms. The third-order valence-electron chi connectivity index (χ3n) is 4.50. The van der Waals surface area contributed by atoms with E-state index >= 15 is 0 Å². The Hall–Kier alpha value is -2.99. The first-order valence-electron chi connectivity index (χ1n) is 8.31. The number of hydrogen-bond acceptors (Lipinski definition) is 4. The van der Waals surface area contributed by atoms with Gasteiger partial charge in [-0.3, -0.25) is 4.79 Å². The third-order valence-corrected chi connectivity index (χ3v) is 5.05. The monoisotopic (exact) mass is 362 g/mol. The van der Waals surface area contributed by atoms with Gasteiger partial charge in [0, 0.05) is 26.3 Å². The van der Waals surface area contributed by atoms with Gasteiger partial charge in [-0.05, 0) is 35.4 Å². The van der Waals surface area contributed by atoms with Crippen molar-refractivity contribution in [3.63, 3.8) is 0 Å². The second kappa shape index (κ2) is 6.72. The molecule has 0 aliphatic heterocycles. The summed E-state index contributed by atoms with van der Waals surface area (Å²) in [5.74, 6) is -0.00817. The summed E-state index contributed by atoms with van der Waals surface area (Å²) in [6, 6.07) is 19.9. The predicted molar refractivity (Wildman–Crippen MR) is 104 cm³/mol. The maximum absolute atomic E-state index is 12.9. The molecule has 0 radical (unpaired) electrons. The Bertz CT molecular complexity index is 1070. The molecule has 0 saturated heterocycles. The van der Waals surface area contributed by atoms with Crippen LogP contribution in [-0.2, 0) is 13.6 Å². The van der Waals surface area contributed by atoms with E-state index in [0.29, 0.717) is 12.2 Å². The van der Waals surface area contributed by atoms with Gasteiger partial charge in [0.2, 0.25) is 0 Å². The Kier molecular flexibility index (Phi) is 4.26. The molecule has 4 aromatic rings. The first kappa shape index (κ1) is 16.5.